The van der Waals surface area contributed by atoms with Gasteiger partial charge in [-0.1, -0.05) is 27.2 Å². The van der Waals surface area contributed by atoms with Crippen LogP contribution in [0, 0.1) is 11.8 Å². The van der Waals surface area contributed by atoms with Gasteiger partial charge in [0.25, 0.3) is 0 Å². The number of hydrogen-bond donors (Lipinski definition) is 0. The van der Waals surface area contributed by atoms with E-state index in [1.807, 2.05) is 0 Å². The lowest BCUT2D eigenvalue weighted by molar-refractivity contribution is -0.137. The first-order valence-corrected chi connectivity index (χ1v) is 7.67. The third-order valence-corrected chi connectivity index (χ3v) is 5.70. The maximum absolute atomic E-state index is 12.0. The molecule has 104 valence electrons. The largest absolute Gasteiger partial charge is 0.377 e. The van der Waals surface area contributed by atoms with E-state index >= 15 is 0 Å². The predicted molar refractivity (Wildman–Crippen MR) is 73.7 cm³/mol. The Labute approximate surface area is 114 Å². The van der Waals surface area contributed by atoms with Crippen molar-refractivity contribution in [1.82, 2.24) is 0 Å². The molecule has 0 bridgehead atoms. The third-order valence-electron chi connectivity index (χ3n) is 4.21. The standard InChI is InChI=1S/C14H24O3S/c1-9-5-6-10-12(7-9)17-13(11(15)8-16-4)18-14(10,2)3/h9-10,12-13H,5-8H2,1-4H3/t9-,10-,12-,13-/m1/s1. The van der Waals surface area contributed by atoms with E-state index in [2.05, 4.69) is 20.8 Å². The van der Waals surface area contributed by atoms with Gasteiger partial charge in [-0.25, -0.2) is 0 Å². The van der Waals surface area contributed by atoms with Crippen LogP contribution in [-0.4, -0.2) is 35.8 Å². The van der Waals surface area contributed by atoms with E-state index < -0.39 is 0 Å². The van der Waals surface area contributed by atoms with Gasteiger partial charge in [0.15, 0.2) is 11.2 Å². The molecule has 0 spiro atoms. The summed E-state index contributed by atoms with van der Waals surface area (Å²) in [5, 5.41) is 0. The zero-order valence-corrected chi connectivity index (χ0v) is 12.6. The average Bonchev–Trinajstić information content (AvgIpc) is 2.27. The molecule has 3 nitrogen and oxygen atoms in total. The molecule has 1 heterocycles. The summed E-state index contributed by atoms with van der Waals surface area (Å²) in [4.78, 5) is 12.0. The third kappa shape index (κ3) is 2.91. The first kappa shape index (κ1) is 14.4. The van der Waals surface area contributed by atoms with Crippen LogP contribution in [0.1, 0.15) is 40.0 Å². The summed E-state index contributed by atoms with van der Waals surface area (Å²) in [7, 11) is 1.56. The second-order valence-corrected chi connectivity index (χ2v) is 7.87. The van der Waals surface area contributed by atoms with Crippen LogP contribution >= 0.6 is 11.8 Å². The van der Waals surface area contributed by atoms with Crippen LogP contribution < -0.4 is 0 Å². The monoisotopic (exact) mass is 272 g/mol. The van der Waals surface area contributed by atoms with Gasteiger partial charge in [-0.3, -0.25) is 4.79 Å². The van der Waals surface area contributed by atoms with Crippen molar-refractivity contribution in [2.45, 2.75) is 56.3 Å². The van der Waals surface area contributed by atoms with Gasteiger partial charge in [-0.05, 0) is 24.7 Å². The molecule has 2 aliphatic rings. The Morgan fingerprint density at radius 3 is 2.83 bits per heavy atom. The van der Waals surface area contributed by atoms with E-state index in [9.17, 15) is 4.79 Å². The van der Waals surface area contributed by atoms with E-state index in [1.54, 1.807) is 18.9 Å². The summed E-state index contributed by atoms with van der Waals surface area (Å²) < 4.78 is 11.1. The number of ketones is 1. The minimum absolute atomic E-state index is 0.0623. The van der Waals surface area contributed by atoms with Crippen LogP contribution in [0.3, 0.4) is 0 Å². The van der Waals surface area contributed by atoms with Crippen molar-refractivity contribution in [2.24, 2.45) is 11.8 Å². The van der Waals surface area contributed by atoms with Crippen LogP contribution in [0.5, 0.6) is 0 Å². The summed E-state index contributed by atoms with van der Waals surface area (Å²) in [6, 6.07) is 0. The SMILES string of the molecule is COCC(=O)[C@@H]1O[C@@H]2C[C@H](C)CC[C@H]2C(C)(C)S1. The molecule has 1 aliphatic heterocycles. The molecular weight excluding hydrogens is 248 g/mol. The molecule has 1 saturated carbocycles. The zero-order chi connectivity index (χ0) is 13.3. The Kier molecular flexibility index (Phi) is 4.40. The van der Waals surface area contributed by atoms with Crippen molar-refractivity contribution >= 4 is 17.5 Å². The van der Waals surface area contributed by atoms with Gasteiger partial charge in [-0.2, -0.15) is 0 Å². The van der Waals surface area contributed by atoms with Crippen molar-refractivity contribution in [2.75, 3.05) is 13.7 Å². The van der Waals surface area contributed by atoms with E-state index in [0.717, 1.165) is 6.42 Å². The molecule has 0 amide bonds. The fourth-order valence-electron chi connectivity index (χ4n) is 3.18. The lowest BCUT2D eigenvalue weighted by Crippen LogP contribution is -2.51. The fraction of sp³-hybridized carbons (Fsp3) is 0.929. The van der Waals surface area contributed by atoms with Gasteiger partial charge < -0.3 is 9.47 Å². The van der Waals surface area contributed by atoms with Crippen molar-refractivity contribution in [3.8, 4) is 0 Å². The molecule has 0 radical (unpaired) electrons. The van der Waals surface area contributed by atoms with Crippen molar-refractivity contribution in [3.63, 3.8) is 0 Å². The number of ether oxygens (including phenoxy) is 2. The Morgan fingerprint density at radius 1 is 1.44 bits per heavy atom. The summed E-state index contributed by atoms with van der Waals surface area (Å²) in [6.45, 7) is 6.93. The van der Waals surface area contributed by atoms with Crippen molar-refractivity contribution in [3.05, 3.63) is 0 Å². The number of fused-ring (bicyclic) bond motifs is 1. The number of carbonyl (C=O) groups excluding carboxylic acids is 1. The van der Waals surface area contributed by atoms with Crippen molar-refractivity contribution < 1.29 is 14.3 Å². The maximum Gasteiger partial charge on any atom is 0.197 e. The first-order valence-electron chi connectivity index (χ1n) is 6.79. The number of rotatable bonds is 3. The molecule has 2 fully saturated rings. The molecule has 0 aromatic heterocycles. The highest BCUT2D eigenvalue weighted by Crippen LogP contribution is 2.50. The van der Waals surface area contributed by atoms with Gasteiger partial charge in [0.05, 0.1) is 6.10 Å². The smallest absolute Gasteiger partial charge is 0.197 e. The van der Waals surface area contributed by atoms with Crippen LogP contribution in [0.2, 0.25) is 0 Å². The van der Waals surface area contributed by atoms with E-state index in [-0.39, 0.29) is 28.7 Å². The van der Waals surface area contributed by atoms with Crippen molar-refractivity contribution in [1.29, 1.82) is 0 Å². The normalized spacial score (nSPS) is 39.1. The molecule has 1 saturated heterocycles. The summed E-state index contributed by atoms with van der Waals surface area (Å²) >= 11 is 1.67. The van der Waals surface area contributed by atoms with E-state index in [1.165, 1.54) is 12.8 Å². The Hall–Kier alpha value is -0.0600. The van der Waals surface area contributed by atoms with Gasteiger partial charge in [-0.15, -0.1) is 11.8 Å². The molecule has 0 unspecified atom stereocenters. The molecule has 18 heavy (non-hydrogen) atoms. The Balaban J connectivity index is 2.09. The van der Waals surface area contributed by atoms with Crippen LogP contribution in [0.25, 0.3) is 0 Å². The number of thioether (sulfide) groups is 1. The molecular formula is C14H24O3S. The molecule has 4 atom stereocenters. The minimum Gasteiger partial charge on any atom is -0.377 e. The second kappa shape index (κ2) is 5.51. The lowest BCUT2D eigenvalue weighted by Gasteiger charge is -2.49. The van der Waals surface area contributed by atoms with Gasteiger partial charge in [0, 0.05) is 11.9 Å². The second-order valence-electron chi connectivity index (χ2n) is 6.15. The highest BCUT2D eigenvalue weighted by atomic mass is 32.2. The van der Waals surface area contributed by atoms with Crippen LogP contribution in [0.4, 0.5) is 0 Å². The first-order chi connectivity index (χ1) is 8.44. The summed E-state index contributed by atoms with van der Waals surface area (Å²) in [6.07, 6.45) is 3.84. The lowest BCUT2D eigenvalue weighted by atomic mass is 9.75. The van der Waals surface area contributed by atoms with E-state index in [0.29, 0.717) is 11.8 Å². The van der Waals surface area contributed by atoms with Gasteiger partial charge >= 0.3 is 0 Å². The number of carbonyl (C=O) groups is 1. The van der Waals surface area contributed by atoms with Gasteiger partial charge in [0.2, 0.25) is 0 Å². The van der Waals surface area contributed by atoms with Gasteiger partial charge in [0.1, 0.15) is 6.61 Å². The van der Waals surface area contributed by atoms with Crippen LogP contribution in [-0.2, 0) is 14.3 Å². The zero-order valence-electron chi connectivity index (χ0n) is 11.8. The highest BCUT2D eigenvalue weighted by molar-refractivity contribution is 8.01. The number of Topliss-reactive ketones (excluding diaryl/α,β-unsaturated/α-hetero) is 1. The molecule has 4 heteroatoms. The quantitative estimate of drug-likeness (QED) is 0.791. The molecule has 0 N–H and O–H groups in total. The maximum atomic E-state index is 12.0. The highest BCUT2D eigenvalue weighted by Gasteiger charge is 2.47. The molecule has 0 aromatic carbocycles. The Bertz CT molecular complexity index is 316. The molecule has 1 aliphatic carbocycles. The summed E-state index contributed by atoms with van der Waals surface area (Å²) in [5.41, 5.74) is -0.341. The number of methoxy groups -OCH3 is 1. The molecule has 0 aromatic rings. The van der Waals surface area contributed by atoms with Crippen LogP contribution in [0.15, 0.2) is 0 Å². The Morgan fingerprint density at radius 2 is 2.17 bits per heavy atom. The average molecular weight is 272 g/mol. The number of hydrogen-bond acceptors (Lipinski definition) is 4. The predicted octanol–water partition coefficient (Wildman–Crippen LogP) is 2.87. The molecule has 2 rings (SSSR count). The van der Waals surface area contributed by atoms with E-state index in [4.69, 9.17) is 9.47 Å². The fourth-order valence-corrected chi connectivity index (χ4v) is 4.57. The topological polar surface area (TPSA) is 35.5 Å². The minimum atomic E-state index is -0.341. The summed E-state index contributed by atoms with van der Waals surface area (Å²) in [5.74, 6) is 1.35.